The van der Waals surface area contributed by atoms with Crippen molar-refractivity contribution in [3.05, 3.63) is 58.7 Å². The molecule has 2 aromatic carbocycles. The minimum absolute atomic E-state index is 0.0201. The van der Waals surface area contributed by atoms with Crippen LogP contribution in [0.3, 0.4) is 0 Å². The van der Waals surface area contributed by atoms with Gasteiger partial charge < -0.3 is 0 Å². The second-order valence-electron chi connectivity index (χ2n) is 4.77. The van der Waals surface area contributed by atoms with E-state index in [9.17, 15) is 35.9 Å². The number of rotatable bonds is 3. The van der Waals surface area contributed by atoms with Gasteiger partial charge in [0, 0.05) is 22.3 Å². The van der Waals surface area contributed by atoms with Crippen molar-refractivity contribution < 1.29 is 35.9 Å². The van der Waals surface area contributed by atoms with Crippen molar-refractivity contribution in [1.29, 1.82) is 0 Å². The highest BCUT2D eigenvalue weighted by molar-refractivity contribution is 5.97. The molecule has 0 aromatic heterocycles. The van der Waals surface area contributed by atoms with Gasteiger partial charge in [0.05, 0.1) is 11.1 Å². The first-order valence-corrected chi connectivity index (χ1v) is 6.42. The normalized spacial score (nSPS) is 12.1. The van der Waals surface area contributed by atoms with Gasteiger partial charge in [-0.1, -0.05) is 24.3 Å². The highest BCUT2D eigenvalue weighted by Gasteiger charge is 2.40. The van der Waals surface area contributed by atoms with Crippen molar-refractivity contribution in [2.24, 2.45) is 0 Å². The van der Waals surface area contributed by atoms with E-state index in [2.05, 4.69) is 0 Å². The third-order valence-electron chi connectivity index (χ3n) is 3.31. The zero-order valence-corrected chi connectivity index (χ0v) is 11.7. The van der Waals surface area contributed by atoms with Crippen LogP contribution in [0.5, 0.6) is 0 Å². The first-order valence-electron chi connectivity index (χ1n) is 6.42. The summed E-state index contributed by atoms with van der Waals surface area (Å²) >= 11 is 0. The summed E-state index contributed by atoms with van der Waals surface area (Å²) in [5.74, 6) is 0. The van der Waals surface area contributed by atoms with Gasteiger partial charge >= 0.3 is 12.4 Å². The van der Waals surface area contributed by atoms with Gasteiger partial charge in [-0.3, -0.25) is 9.59 Å². The molecule has 2 rings (SSSR count). The number of hydrogen-bond acceptors (Lipinski definition) is 2. The highest BCUT2D eigenvalue weighted by atomic mass is 19.4. The lowest BCUT2D eigenvalue weighted by molar-refractivity contribution is -0.139. The fourth-order valence-electron chi connectivity index (χ4n) is 2.37. The Morgan fingerprint density at radius 2 is 0.958 bits per heavy atom. The molecule has 0 saturated heterocycles. The quantitative estimate of drug-likeness (QED) is 0.578. The number of aldehydes is 2. The van der Waals surface area contributed by atoms with Gasteiger partial charge in [-0.2, -0.15) is 26.3 Å². The highest BCUT2D eigenvalue weighted by Crippen LogP contribution is 2.44. The number of alkyl halides is 6. The van der Waals surface area contributed by atoms with Crippen LogP contribution in [0.2, 0.25) is 0 Å². The Morgan fingerprint density at radius 3 is 1.21 bits per heavy atom. The Hall–Kier alpha value is -2.64. The molecule has 2 aromatic rings. The summed E-state index contributed by atoms with van der Waals surface area (Å²) in [5.41, 5.74) is -5.96. The first-order chi connectivity index (χ1) is 11.1. The van der Waals surface area contributed by atoms with E-state index in [0.717, 1.165) is 24.3 Å². The lowest BCUT2D eigenvalue weighted by atomic mass is 9.88. The van der Waals surface area contributed by atoms with Crippen molar-refractivity contribution in [1.82, 2.24) is 0 Å². The Kier molecular flexibility index (Phi) is 4.50. The van der Waals surface area contributed by atoms with E-state index in [4.69, 9.17) is 0 Å². The maximum atomic E-state index is 13.2. The van der Waals surface area contributed by atoms with Crippen LogP contribution in [0.25, 0.3) is 11.1 Å². The van der Waals surface area contributed by atoms with Gasteiger partial charge in [0.2, 0.25) is 0 Å². The Balaban J connectivity index is 3.02. The molecule has 0 atom stereocenters. The fourth-order valence-corrected chi connectivity index (χ4v) is 2.37. The Morgan fingerprint density at radius 1 is 0.625 bits per heavy atom. The molecule has 0 unspecified atom stereocenters. The van der Waals surface area contributed by atoms with Crippen molar-refractivity contribution in [2.45, 2.75) is 12.4 Å². The molecule has 0 radical (unpaired) electrons. The lowest BCUT2D eigenvalue weighted by Crippen LogP contribution is -2.14. The standard InChI is InChI=1S/C16H8F6O2/c17-15(18,19)11-5-1-3-9(7-23)13(11)14-10(8-24)4-2-6-12(14)16(20,21)22/h1-8H. The zero-order chi connectivity index (χ0) is 18.1. The molecule has 0 amide bonds. The maximum Gasteiger partial charge on any atom is 0.417 e. The molecule has 24 heavy (non-hydrogen) atoms. The van der Waals surface area contributed by atoms with Crippen LogP contribution >= 0.6 is 0 Å². The van der Waals surface area contributed by atoms with E-state index in [-0.39, 0.29) is 12.6 Å². The summed E-state index contributed by atoms with van der Waals surface area (Å²) in [6.07, 6.45) is -9.97. The van der Waals surface area contributed by atoms with Crippen LogP contribution in [0, 0.1) is 0 Å². The second kappa shape index (κ2) is 6.10. The van der Waals surface area contributed by atoms with E-state index in [0.29, 0.717) is 12.1 Å². The van der Waals surface area contributed by atoms with Crippen LogP contribution in [0.4, 0.5) is 26.3 Å². The molecule has 0 spiro atoms. The maximum absolute atomic E-state index is 13.2. The third-order valence-corrected chi connectivity index (χ3v) is 3.31. The minimum Gasteiger partial charge on any atom is -0.298 e. The molecule has 0 N–H and O–H groups in total. The van der Waals surface area contributed by atoms with Crippen LogP contribution in [-0.2, 0) is 12.4 Å². The average Bonchev–Trinajstić information content (AvgIpc) is 2.51. The van der Waals surface area contributed by atoms with Gasteiger partial charge in [-0.15, -0.1) is 0 Å². The summed E-state index contributed by atoms with van der Waals surface area (Å²) in [6.45, 7) is 0. The van der Waals surface area contributed by atoms with Gasteiger partial charge in [-0.05, 0) is 12.1 Å². The van der Waals surface area contributed by atoms with Crippen molar-refractivity contribution in [2.75, 3.05) is 0 Å². The molecule has 2 nitrogen and oxygen atoms in total. The molecular weight excluding hydrogens is 338 g/mol. The monoisotopic (exact) mass is 346 g/mol. The van der Waals surface area contributed by atoms with E-state index in [1.54, 1.807) is 0 Å². The van der Waals surface area contributed by atoms with Crippen molar-refractivity contribution in [3.8, 4) is 11.1 Å². The predicted octanol–water partition coefficient (Wildman–Crippen LogP) is 5.02. The van der Waals surface area contributed by atoms with E-state index in [1.165, 1.54) is 0 Å². The molecule has 0 aliphatic carbocycles. The van der Waals surface area contributed by atoms with Gasteiger partial charge in [0.25, 0.3) is 0 Å². The summed E-state index contributed by atoms with van der Waals surface area (Å²) in [6, 6.07) is 4.85. The number of carbonyl (C=O) groups is 2. The van der Waals surface area contributed by atoms with Crippen LogP contribution in [-0.4, -0.2) is 12.6 Å². The van der Waals surface area contributed by atoms with Gasteiger partial charge in [0.1, 0.15) is 0 Å². The molecule has 8 heteroatoms. The summed E-state index contributed by atoms with van der Waals surface area (Å²) < 4.78 is 79.4. The lowest BCUT2D eigenvalue weighted by Gasteiger charge is -2.20. The van der Waals surface area contributed by atoms with Crippen LogP contribution in [0.1, 0.15) is 31.8 Å². The van der Waals surface area contributed by atoms with E-state index >= 15 is 0 Å². The molecule has 0 heterocycles. The Labute approximate surface area is 131 Å². The van der Waals surface area contributed by atoms with E-state index < -0.39 is 45.7 Å². The first kappa shape index (κ1) is 17.7. The number of hydrogen-bond donors (Lipinski definition) is 0. The van der Waals surface area contributed by atoms with Crippen LogP contribution < -0.4 is 0 Å². The summed E-state index contributed by atoms with van der Waals surface area (Å²) in [4.78, 5) is 22.2. The molecule has 0 fully saturated rings. The molecule has 126 valence electrons. The molecule has 0 aliphatic heterocycles. The molecule has 0 bridgehead atoms. The largest absolute Gasteiger partial charge is 0.417 e. The number of carbonyl (C=O) groups excluding carboxylic acids is 2. The molecular formula is C16H8F6O2. The van der Waals surface area contributed by atoms with Gasteiger partial charge in [-0.25, -0.2) is 0 Å². The summed E-state index contributed by atoms with van der Waals surface area (Å²) in [5, 5.41) is 0. The topological polar surface area (TPSA) is 34.1 Å². The van der Waals surface area contributed by atoms with Crippen molar-refractivity contribution in [3.63, 3.8) is 0 Å². The zero-order valence-electron chi connectivity index (χ0n) is 11.7. The average molecular weight is 346 g/mol. The SMILES string of the molecule is O=Cc1cccc(C(F)(F)F)c1-c1c(C=O)cccc1C(F)(F)F. The number of benzene rings is 2. The smallest absolute Gasteiger partial charge is 0.298 e. The van der Waals surface area contributed by atoms with Crippen LogP contribution in [0.15, 0.2) is 36.4 Å². The number of halogens is 6. The molecule has 0 saturated carbocycles. The van der Waals surface area contributed by atoms with Crippen molar-refractivity contribution >= 4 is 12.6 Å². The second-order valence-corrected chi connectivity index (χ2v) is 4.77. The summed E-state index contributed by atoms with van der Waals surface area (Å²) in [7, 11) is 0. The van der Waals surface area contributed by atoms with Gasteiger partial charge in [0.15, 0.2) is 12.6 Å². The van der Waals surface area contributed by atoms with E-state index in [1.807, 2.05) is 0 Å². The predicted molar refractivity (Wildman–Crippen MR) is 72.7 cm³/mol. The third kappa shape index (κ3) is 3.17. The Bertz CT molecular complexity index is 723. The fraction of sp³-hybridized carbons (Fsp3) is 0.125. The molecule has 0 aliphatic rings. The minimum atomic E-state index is -5.01.